The summed E-state index contributed by atoms with van der Waals surface area (Å²) in [5.74, 6) is 0.605. The molecule has 2 aromatic heterocycles. The minimum atomic E-state index is 0.605. The quantitative estimate of drug-likeness (QED) is 0.554. The second-order valence-electron chi connectivity index (χ2n) is 1.62. The Morgan fingerprint density at radius 1 is 1.60 bits per heavy atom. The van der Waals surface area contributed by atoms with E-state index in [1.165, 1.54) is 11.0 Å². The summed E-state index contributed by atoms with van der Waals surface area (Å²) in [6.07, 6.45) is 5.51. The van der Waals surface area contributed by atoms with Crippen molar-refractivity contribution in [2.45, 2.75) is 0 Å². The molecule has 2 aromatic rings. The van der Waals surface area contributed by atoms with Crippen LogP contribution in [0.25, 0.3) is 5.82 Å². The van der Waals surface area contributed by atoms with E-state index in [0.717, 1.165) is 0 Å². The molecule has 2 rings (SSSR count). The first-order chi connectivity index (χ1) is 4.97. The fourth-order valence-corrected chi connectivity index (χ4v) is 0.598. The lowest BCUT2D eigenvalue weighted by Crippen LogP contribution is -1.93. The molecule has 0 spiro atoms. The monoisotopic (exact) mass is 135 g/mol. The molecule has 49 valence electrons. The van der Waals surface area contributed by atoms with E-state index in [4.69, 9.17) is 0 Å². The summed E-state index contributed by atoms with van der Waals surface area (Å²) < 4.78 is 1.46. The predicted molar refractivity (Wildman–Crippen MR) is 30.1 cm³/mol. The molecule has 0 fully saturated rings. The van der Waals surface area contributed by atoms with Gasteiger partial charge in [0.2, 0.25) is 6.33 Å². The number of nitrogens with one attached hydrogen (secondary N) is 1. The van der Waals surface area contributed by atoms with Crippen LogP contribution in [0.15, 0.2) is 12.5 Å². The lowest BCUT2D eigenvalue weighted by atomic mass is 10.8. The standard InChI is InChI=1S/C4H3N6/c1-4(8-9-6-1)10-3-5-2-7-10/h1,3H,(H,6,8,9). The molecular formula is C4H3N6. The van der Waals surface area contributed by atoms with Gasteiger partial charge in [-0.05, 0) is 0 Å². The van der Waals surface area contributed by atoms with Crippen LogP contribution < -0.4 is 0 Å². The molecule has 0 aliphatic carbocycles. The molecular weight excluding hydrogens is 132 g/mol. The zero-order chi connectivity index (χ0) is 6.81. The summed E-state index contributed by atoms with van der Waals surface area (Å²) >= 11 is 0. The second-order valence-corrected chi connectivity index (χ2v) is 1.62. The molecule has 0 unspecified atom stereocenters. The maximum atomic E-state index is 3.72. The maximum Gasteiger partial charge on any atom is 0.221 e. The van der Waals surface area contributed by atoms with Gasteiger partial charge in [-0.15, -0.1) is 10.2 Å². The Balaban J connectivity index is 2.48. The minimum Gasteiger partial charge on any atom is -0.263 e. The molecule has 0 saturated heterocycles. The van der Waals surface area contributed by atoms with Crippen LogP contribution in [-0.2, 0) is 0 Å². The number of rotatable bonds is 1. The lowest BCUT2D eigenvalue weighted by Gasteiger charge is -1.86. The van der Waals surface area contributed by atoms with Crippen LogP contribution in [0, 0.1) is 6.33 Å². The van der Waals surface area contributed by atoms with Gasteiger partial charge in [0.15, 0.2) is 5.82 Å². The fourth-order valence-electron chi connectivity index (χ4n) is 0.598. The van der Waals surface area contributed by atoms with Crippen LogP contribution in [0.4, 0.5) is 0 Å². The van der Waals surface area contributed by atoms with Gasteiger partial charge in [-0.2, -0.15) is 4.68 Å². The summed E-state index contributed by atoms with van der Waals surface area (Å²) in [7, 11) is 0. The summed E-state index contributed by atoms with van der Waals surface area (Å²) in [5, 5.41) is 13.5. The van der Waals surface area contributed by atoms with Crippen molar-refractivity contribution in [3.63, 3.8) is 0 Å². The SMILES string of the molecule is [c]1ncn(-c2c[nH]nn2)n1. The zero-order valence-electron chi connectivity index (χ0n) is 4.89. The molecule has 0 aromatic carbocycles. The number of aromatic nitrogens is 6. The van der Waals surface area contributed by atoms with E-state index >= 15 is 0 Å². The third-order valence-corrected chi connectivity index (χ3v) is 1.02. The zero-order valence-corrected chi connectivity index (χ0v) is 4.89. The van der Waals surface area contributed by atoms with Crippen molar-refractivity contribution in [1.82, 2.24) is 30.2 Å². The van der Waals surface area contributed by atoms with Gasteiger partial charge in [0.05, 0.1) is 6.20 Å². The van der Waals surface area contributed by atoms with E-state index in [0.29, 0.717) is 5.82 Å². The lowest BCUT2D eigenvalue weighted by molar-refractivity contribution is 0.825. The van der Waals surface area contributed by atoms with Crippen LogP contribution in [0.5, 0.6) is 0 Å². The summed E-state index contributed by atoms with van der Waals surface area (Å²) in [4.78, 5) is 3.62. The third-order valence-electron chi connectivity index (χ3n) is 1.02. The highest BCUT2D eigenvalue weighted by molar-refractivity contribution is 5.10. The van der Waals surface area contributed by atoms with Gasteiger partial charge in [-0.25, -0.2) is 4.98 Å². The fraction of sp³-hybridized carbons (Fsp3) is 0. The van der Waals surface area contributed by atoms with Crippen LogP contribution >= 0.6 is 0 Å². The number of hydrogen-bond donors (Lipinski definition) is 1. The third kappa shape index (κ3) is 0.661. The number of H-pyrrole nitrogens is 1. The molecule has 0 amide bonds. The highest BCUT2D eigenvalue weighted by atomic mass is 15.4. The molecule has 0 atom stereocenters. The molecule has 6 nitrogen and oxygen atoms in total. The van der Waals surface area contributed by atoms with Crippen LogP contribution in [0.2, 0.25) is 0 Å². The van der Waals surface area contributed by atoms with Gasteiger partial charge >= 0.3 is 0 Å². The maximum absolute atomic E-state index is 3.72. The van der Waals surface area contributed by atoms with Gasteiger partial charge < -0.3 is 0 Å². The highest BCUT2D eigenvalue weighted by Crippen LogP contribution is 1.93. The van der Waals surface area contributed by atoms with Gasteiger partial charge in [-0.3, -0.25) is 5.10 Å². The van der Waals surface area contributed by atoms with E-state index in [1.807, 2.05) is 0 Å². The Bertz CT molecular complexity index is 249. The number of nitrogens with zero attached hydrogens (tertiary/aromatic N) is 5. The molecule has 10 heavy (non-hydrogen) atoms. The van der Waals surface area contributed by atoms with Crippen LogP contribution in [0.1, 0.15) is 0 Å². The molecule has 2 heterocycles. The average Bonchev–Trinajstić information content (AvgIpc) is 2.59. The van der Waals surface area contributed by atoms with E-state index in [-0.39, 0.29) is 0 Å². The predicted octanol–water partition coefficient (Wildman–Crippen LogP) is -0.814. The van der Waals surface area contributed by atoms with Crippen molar-refractivity contribution in [1.29, 1.82) is 0 Å². The van der Waals surface area contributed by atoms with E-state index in [2.05, 4.69) is 31.8 Å². The van der Waals surface area contributed by atoms with Crippen molar-refractivity contribution < 1.29 is 0 Å². The van der Waals surface area contributed by atoms with Crippen LogP contribution in [-0.4, -0.2) is 30.2 Å². The first kappa shape index (κ1) is 5.10. The number of hydrogen-bond acceptors (Lipinski definition) is 4. The molecule has 1 N–H and O–H groups in total. The molecule has 0 bridgehead atoms. The molecule has 6 heteroatoms. The van der Waals surface area contributed by atoms with Crippen molar-refractivity contribution in [3.05, 3.63) is 18.9 Å². The van der Waals surface area contributed by atoms with Gasteiger partial charge in [0, 0.05) is 0 Å². The van der Waals surface area contributed by atoms with Gasteiger partial charge in [-0.1, -0.05) is 5.21 Å². The number of aromatic amines is 1. The molecule has 0 aliphatic rings. The van der Waals surface area contributed by atoms with Crippen molar-refractivity contribution in [2.75, 3.05) is 0 Å². The summed E-state index contributed by atoms with van der Waals surface area (Å²) in [6.45, 7) is 0. The Morgan fingerprint density at radius 2 is 2.60 bits per heavy atom. The van der Waals surface area contributed by atoms with E-state index in [9.17, 15) is 0 Å². The van der Waals surface area contributed by atoms with E-state index in [1.54, 1.807) is 6.20 Å². The Hall–Kier alpha value is -1.72. The largest absolute Gasteiger partial charge is 0.263 e. The summed E-state index contributed by atoms with van der Waals surface area (Å²) in [5.41, 5.74) is 0. The molecule has 1 radical (unpaired) electrons. The van der Waals surface area contributed by atoms with Crippen molar-refractivity contribution in [2.24, 2.45) is 0 Å². The first-order valence-corrected chi connectivity index (χ1v) is 2.61. The van der Waals surface area contributed by atoms with E-state index < -0.39 is 0 Å². The molecule has 0 saturated carbocycles. The molecule has 0 aliphatic heterocycles. The van der Waals surface area contributed by atoms with Crippen LogP contribution in [0.3, 0.4) is 0 Å². The summed E-state index contributed by atoms with van der Waals surface area (Å²) in [6, 6.07) is 0. The Morgan fingerprint density at radius 3 is 3.20 bits per heavy atom. The smallest absolute Gasteiger partial charge is 0.221 e. The first-order valence-electron chi connectivity index (χ1n) is 2.61. The topological polar surface area (TPSA) is 72.3 Å². The van der Waals surface area contributed by atoms with Crippen molar-refractivity contribution >= 4 is 0 Å². The average molecular weight is 135 g/mol. The minimum absolute atomic E-state index is 0.605. The Kier molecular flexibility index (Phi) is 0.970. The Labute approximate surface area is 55.9 Å². The second kappa shape index (κ2) is 1.90. The van der Waals surface area contributed by atoms with Crippen molar-refractivity contribution in [3.8, 4) is 5.82 Å². The van der Waals surface area contributed by atoms with Gasteiger partial charge in [0.1, 0.15) is 6.33 Å². The normalized spacial score (nSPS) is 10.0. The van der Waals surface area contributed by atoms with Gasteiger partial charge in [0.25, 0.3) is 0 Å². The highest BCUT2D eigenvalue weighted by Gasteiger charge is 1.96.